The Bertz CT molecular complexity index is 554. The molecular formula is C13H14BrNO2S. The van der Waals surface area contributed by atoms with Gasteiger partial charge in [-0.15, -0.1) is 0 Å². The zero-order valence-electron chi connectivity index (χ0n) is 9.84. The van der Waals surface area contributed by atoms with Crippen LogP contribution in [0.4, 0.5) is 0 Å². The van der Waals surface area contributed by atoms with Crippen LogP contribution in [0.15, 0.2) is 33.6 Å². The summed E-state index contributed by atoms with van der Waals surface area (Å²) in [5, 5.41) is 8.30. The van der Waals surface area contributed by atoms with Crippen molar-refractivity contribution in [3.05, 3.63) is 28.7 Å². The molecule has 0 aromatic heterocycles. The minimum absolute atomic E-state index is 0.0105. The molecule has 0 heterocycles. The van der Waals surface area contributed by atoms with Gasteiger partial charge in [0.25, 0.3) is 0 Å². The fourth-order valence-electron chi connectivity index (χ4n) is 2.46. The van der Waals surface area contributed by atoms with Gasteiger partial charge in [0.1, 0.15) is 0 Å². The standard InChI is InChI=1S/C13H14BrNO2S/c14-11-5-7-12(8-6-11)18(16,17)13(9-15)10-3-1-2-4-10/h5-8,10,13H,1-4H2. The molecule has 0 radical (unpaired) electrons. The molecule has 1 unspecified atom stereocenters. The molecule has 18 heavy (non-hydrogen) atoms. The first-order valence-electron chi connectivity index (χ1n) is 5.95. The highest BCUT2D eigenvalue weighted by molar-refractivity contribution is 9.10. The van der Waals surface area contributed by atoms with Crippen LogP contribution in [0, 0.1) is 17.2 Å². The van der Waals surface area contributed by atoms with E-state index in [1.807, 2.05) is 6.07 Å². The Kier molecular flexibility index (Phi) is 4.08. The topological polar surface area (TPSA) is 57.9 Å². The summed E-state index contributed by atoms with van der Waals surface area (Å²) < 4.78 is 25.7. The zero-order valence-corrected chi connectivity index (χ0v) is 12.2. The van der Waals surface area contributed by atoms with Gasteiger partial charge >= 0.3 is 0 Å². The summed E-state index contributed by atoms with van der Waals surface area (Å²) in [5.74, 6) is -0.0105. The molecule has 1 aromatic carbocycles. The fraction of sp³-hybridized carbons (Fsp3) is 0.462. The van der Waals surface area contributed by atoms with E-state index in [0.717, 1.165) is 30.2 Å². The third-order valence-electron chi connectivity index (χ3n) is 3.43. The Morgan fingerprint density at radius 3 is 2.28 bits per heavy atom. The molecule has 5 heteroatoms. The molecule has 0 aliphatic heterocycles. The molecule has 1 saturated carbocycles. The van der Waals surface area contributed by atoms with Gasteiger partial charge in [0.2, 0.25) is 0 Å². The first-order chi connectivity index (χ1) is 8.55. The number of hydrogen-bond donors (Lipinski definition) is 0. The van der Waals surface area contributed by atoms with E-state index in [9.17, 15) is 13.7 Å². The Morgan fingerprint density at radius 2 is 1.78 bits per heavy atom. The Labute approximate surface area is 116 Å². The third-order valence-corrected chi connectivity index (χ3v) is 6.05. The Balaban J connectivity index is 2.34. The second-order valence-electron chi connectivity index (χ2n) is 4.59. The average molecular weight is 328 g/mol. The molecule has 3 nitrogen and oxygen atoms in total. The van der Waals surface area contributed by atoms with Crippen LogP contribution in [0.1, 0.15) is 25.7 Å². The molecule has 1 atom stereocenters. The van der Waals surface area contributed by atoms with Crippen LogP contribution in [0.25, 0.3) is 0 Å². The van der Waals surface area contributed by atoms with E-state index in [4.69, 9.17) is 0 Å². The summed E-state index contributed by atoms with van der Waals surface area (Å²) in [6, 6.07) is 8.49. The molecule has 1 aliphatic carbocycles. The lowest BCUT2D eigenvalue weighted by Gasteiger charge is -2.16. The highest BCUT2D eigenvalue weighted by atomic mass is 79.9. The van der Waals surface area contributed by atoms with Gasteiger partial charge in [0.05, 0.1) is 11.0 Å². The van der Waals surface area contributed by atoms with Crippen molar-refractivity contribution >= 4 is 25.8 Å². The van der Waals surface area contributed by atoms with Gasteiger partial charge in [-0.1, -0.05) is 28.8 Å². The van der Waals surface area contributed by atoms with Crippen molar-refractivity contribution in [1.29, 1.82) is 5.26 Å². The molecule has 0 amide bonds. The highest BCUT2D eigenvalue weighted by Crippen LogP contribution is 2.33. The molecule has 1 aromatic rings. The van der Waals surface area contributed by atoms with Crippen molar-refractivity contribution in [3.63, 3.8) is 0 Å². The number of nitriles is 1. The van der Waals surface area contributed by atoms with E-state index in [-0.39, 0.29) is 10.8 Å². The summed E-state index contributed by atoms with van der Waals surface area (Å²) in [7, 11) is -3.53. The average Bonchev–Trinajstić information content (AvgIpc) is 2.84. The monoisotopic (exact) mass is 327 g/mol. The van der Waals surface area contributed by atoms with Gasteiger partial charge in [0.15, 0.2) is 15.1 Å². The molecule has 0 N–H and O–H groups in total. The second-order valence-corrected chi connectivity index (χ2v) is 7.58. The van der Waals surface area contributed by atoms with Crippen molar-refractivity contribution in [3.8, 4) is 6.07 Å². The van der Waals surface area contributed by atoms with Crippen LogP contribution in [0.2, 0.25) is 0 Å². The van der Waals surface area contributed by atoms with E-state index in [0.29, 0.717) is 0 Å². The quantitative estimate of drug-likeness (QED) is 0.855. The van der Waals surface area contributed by atoms with Crippen molar-refractivity contribution in [2.75, 3.05) is 0 Å². The molecule has 2 rings (SSSR count). The maximum Gasteiger partial charge on any atom is 0.194 e. The molecule has 1 aliphatic rings. The normalized spacial score (nSPS) is 18.4. The number of sulfone groups is 1. The molecular weight excluding hydrogens is 314 g/mol. The van der Waals surface area contributed by atoms with Crippen LogP contribution < -0.4 is 0 Å². The number of hydrogen-bond acceptors (Lipinski definition) is 3. The van der Waals surface area contributed by atoms with Gasteiger partial charge in [0, 0.05) is 4.47 Å². The Morgan fingerprint density at radius 1 is 1.22 bits per heavy atom. The minimum atomic E-state index is -3.53. The van der Waals surface area contributed by atoms with Crippen molar-refractivity contribution in [2.24, 2.45) is 5.92 Å². The molecule has 0 spiro atoms. The van der Waals surface area contributed by atoms with Crippen molar-refractivity contribution < 1.29 is 8.42 Å². The predicted molar refractivity (Wildman–Crippen MR) is 72.7 cm³/mol. The number of nitrogens with zero attached hydrogens (tertiary/aromatic N) is 1. The minimum Gasteiger partial charge on any atom is -0.222 e. The largest absolute Gasteiger partial charge is 0.222 e. The van der Waals surface area contributed by atoms with Crippen LogP contribution >= 0.6 is 15.9 Å². The van der Waals surface area contributed by atoms with Gasteiger partial charge in [-0.2, -0.15) is 5.26 Å². The van der Waals surface area contributed by atoms with Gasteiger partial charge in [-0.05, 0) is 43.0 Å². The van der Waals surface area contributed by atoms with Gasteiger partial charge in [-0.3, -0.25) is 0 Å². The fourth-order valence-corrected chi connectivity index (χ4v) is 4.45. The van der Waals surface area contributed by atoms with E-state index in [2.05, 4.69) is 15.9 Å². The summed E-state index contributed by atoms with van der Waals surface area (Å²) in [4.78, 5) is 0.240. The van der Waals surface area contributed by atoms with Crippen LogP contribution in [0.5, 0.6) is 0 Å². The van der Waals surface area contributed by atoms with Crippen molar-refractivity contribution in [2.45, 2.75) is 35.8 Å². The lowest BCUT2D eigenvalue weighted by molar-refractivity contribution is 0.525. The van der Waals surface area contributed by atoms with Gasteiger partial charge in [-0.25, -0.2) is 8.42 Å². The predicted octanol–water partition coefficient (Wildman–Crippen LogP) is 3.31. The highest BCUT2D eigenvalue weighted by Gasteiger charge is 2.36. The lowest BCUT2D eigenvalue weighted by atomic mass is 10.1. The smallest absolute Gasteiger partial charge is 0.194 e. The summed E-state index contributed by atoms with van der Waals surface area (Å²) in [5.41, 5.74) is 0. The third kappa shape index (κ3) is 2.60. The zero-order chi connectivity index (χ0) is 13.2. The van der Waals surface area contributed by atoms with E-state index < -0.39 is 15.1 Å². The van der Waals surface area contributed by atoms with Crippen molar-refractivity contribution in [1.82, 2.24) is 0 Å². The summed E-state index contributed by atoms with van der Waals surface area (Å²) in [6.07, 6.45) is 3.74. The molecule has 1 fully saturated rings. The molecule has 0 saturated heterocycles. The first-order valence-corrected chi connectivity index (χ1v) is 8.28. The molecule has 96 valence electrons. The second kappa shape index (κ2) is 5.41. The first kappa shape index (κ1) is 13.6. The maximum absolute atomic E-state index is 12.4. The molecule has 0 bridgehead atoms. The van der Waals surface area contributed by atoms with E-state index in [1.165, 1.54) is 0 Å². The van der Waals surface area contributed by atoms with Crippen LogP contribution in [-0.4, -0.2) is 13.7 Å². The van der Waals surface area contributed by atoms with Crippen LogP contribution in [-0.2, 0) is 9.84 Å². The van der Waals surface area contributed by atoms with E-state index >= 15 is 0 Å². The number of halogens is 1. The van der Waals surface area contributed by atoms with Gasteiger partial charge < -0.3 is 0 Å². The maximum atomic E-state index is 12.4. The Hall–Kier alpha value is -0.860. The summed E-state index contributed by atoms with van der Waals surface area (Å²) >= 11 is 3.27. The van der Waals surface area contributed by atoms with E-state index in [1.54, 1.807) is 24.3 Å². The number of benzene rings is 1. The number of rotatable bonds is 3. The van der Waals surface area contributed by atoms with Crippen LogP contribution in [0.3, 0.4) is 0 Å². The summed E-state index contributed by atoms with van der Waals surface area (Å²) in [6.45, 7) is 0. The SMILES string of the molecule is N#CC(C1CCCC1)S(=O)(=O)c1ccc(Br)cc1. The lowest BCUT2D eigenvalue weighted by Crippen LogP contribution is -2.27.